The number of rotatable bonds is 7. The molecule has 1 aliphatic heterocycles. The van der Waals surface area contributed by atoms with Crippen LogP contribution in [0.1, 0.15) is 17.4 Å². The molecule has 0 bridgehead atoms. The molecule has 162 valence electrons. The smallest absolute Gasteiger partial charge is 0.227 e. The molecule has 3 heterocycles. The molecule has 0 N–H and O–H groups in total. The van der Waals surface area contributed by atoms with Gasteiger partial charge in [0.05, 0.1) is 24.4 Å². The highest BCUT2D eigenvalue weighted by molar-refractivity contribution is 7.17. The maximum absolute atomic E-state index is 13.6. The molecule has 0 radical (unpaired) electrons. The second-order valence-corrected chi connectivity index (χ2v) is 8.68. The SMILES string of the molecule is CCOc1ccc(-c2ccc(C3=NC(Cn4ccnc4)(c4ccc(F)cc4)CO3)s2)cc1. The largest absolute Gasteiger partial charge is 0.494 e. The van der Waals surface area contributed by atoms with Crippen LogP contribution in [-0.4, -0.2) is 28.7 Å². The Bertz CT molecular complexity index is 1220. The minimum absolute atomic E-state index is 0.270. The van der Waals surface area contributed by atoms with Gasteiger partial charge in [-0.1, -0.05) is 12.1 Å². The standard InChI is InChI=1S/C25H22FN3O2S/c1-2-30-21-9-3-18(4-10-21)22-11-12-23(32-22)24-28-25(16-31-24,15-29-14-13-27-17-29)19-5-7-20(26)8-6-19/h3-14,17H,2,15-16H2,1H3. The average Bonchev–Trinajstić information content (AvgIpc) is 3.57. The van der Waals surface area contributed by atoms with E-state index in [0.717, 1.165) is 26.6 Å². The van der Waals surface area contributed by atoms with E-state index in [-0.39, 0.29) is 5.82 Å². The summed E-state index contributed by atoms with van der Waals surface area (Å²) in [5.41, 5.74) is 1.38. The van der Waals surface area contributed by atoms with E-state index in [4.69, 9.17) is 14.5 Å². The molecule has 4 aromatic rings. The number of aromatic nitrogens is 2. The fourth-order valence-corrected chi connectivity index (χ4v) is 4.78. The van der Waals surface area contributed by atoms with Crippen molar-refractivity contribution in [3.8, 4) is 16.2 Å². The summed E-state index contributed by atoms with van der Waals surface area (Å²) in [6.45, 7) is 3.55. The fraction of sp³-hybridized carbons (Fsp3) is 0.200. The summed E-state index contributed by atoms with van der Waals surface area (Å²) >= 11 is 1.63. The first kappa shape index (κ1) is 20.5. The monoisotopic (exact) mass is 447 g/mol. The van der Waals surface area contributed by atoms with Crippen molar-refractivity contribution in [2.75, 3.05) is 13.2 Å². The third-order valence-electron chi connectivity index (χ3n) is 5.41. The molecular weight excluding hydrogens is 425 g/mol. The fourth-order valence-electron chi connectivity index (χ4n) is 3.83. The van der Waals surface area contributed by atoms with Gasteiger partial charge < -0.3 is 14.0 Å². The van der Waals surface area contributed by atoms with Crippen LogP contribution in [0.15, 0.2) is 84.4 Å². The Hall–Kier alpha value is -3.45. The summed E-state index contributed by atoms with van der Waals surface area (Å²) in [5, 5.41) is 0. The van der Waals surface area contributed by atoms with Gasteiger partial charge in [0.15, 0.2) is 0 Å². The summed E-state index contributed by atoms with van der Waals surface area (Å²) in [7, 11) is 0. The summed E-state index contributed by atoms with van der Waals surface area (Å²) in [4.78, 5) is 11.3. The number of hydrogen-bond donors (Lipinski definition) is 0. The zero-order chi connectivity index (χ0) is 22.0. The van der Waals surface area contributed by atoms with Crippen LogP contribution in [0.5, 0.6) is 5.75 Å². The molecule has 5 rings (SSSR count). The van der Waals surface area contributed by atoms with Gasteiger partial charge in [0.25, 0.3) is 0 Å². The second kappa shape index (κ2) is 8.59. The van der Waals surface area contributed by atoms with Gasteiger partial charge in [0.1, 0.15) is 23.7 Å². The molecule has 0 saturated heterocycles. The van der Waals surface area contributed by atoms with E-state index in [1.807, 2.05) is 35.9 Å². The van der Waals surface area contributed by atoms with E-state index in [2.05, 4.69) is 23.2 Å². The predicted molar refractivity (Wildman–Crippen MR) is 124 cm³/mol. The van der Waals surface area contributed by atoms with Crippen LogP contribution in [0.3, 0.4) is 0 Å². The average molecular weight is 448 g/mol. The molecule has 5 nitrogen and oxygen atoms in total. The summed E-state index contributed by atoms with van der Waals surface area (Å²) in [6, 6.07) is 18.7. The van der Waals surface area contributed by atoms with Crippen molar-refractivity contribution in [1.29, 1.82) is 0 Å². The molecule has 0 aliphatic carbocycles. The van der Waals surface area contributed by atoms with Crippen LogP contribution in [0.4, 0.5) is 4.39 Å². The van der Waals surface area contributed by atoms with Crippen molar-refractivity contribution in [3.05, 3.63) is 95.6 Å². The van der Waals surface area contributed by atoms with Gasteiger partial charge in [0.2, 0.25) is 5.90 Å². The van der Waals surface area contributed by atoms with E-state index in [9.17, 15) is 4.39 Å². The van der Waals surface area contributed by atoms with Crippen molar-refractivity contribution < 1.29 is 13.9 Å². The van der Waals surface area contributed by atoms with E-state index >= 15 is 0 Å². The Balaban J connectivity index is 1.46. The molecule has 1 unspecified atom stereocenters. The first-order valence-electron chi connectivity index (χ1n) is 10.4. The second-order valence-electron chi connectivity index (χ2n) is 7.60. The Labute approximate surface area is 189 Å². The molecule has 0 fully saturated rings. The lowest BCUT2D eigenvalue weighted by Crippen LogP contribution is -2.31. The normalized spacial score (nSPS) is 17.8. The summed E-state index contributed by atoms with van der Waals surface area (Å²) < 4.78 is 27.2. The van der Waals surface area contributed by atoms with E-state index in [1.54, 1.807) is 36.0 Å². The Morgan fingerprint density at radius 3 is 2.56 bits per heavy atom. The lowest BCUT2D eigenvalue weighted by Gasteiger charge is -2.25. The molecule has 32 heavy (non-hydrogen) atoms. The maximum Gasteiger partial charge on any atom is 0.227 e. The third-order valence-corrected chi connectivity index (χ3v) is 6.54. The number of halogens is 1. The van der Waals surface area contributed by atoms with E-state index in [1.165, 1.54) is 12.1 Å². The van der Waals surface area contributed by atoms with Crippen LogP contribution in [0.25, 0.3) is 10.4 Å². The zero-order valence-corrected chi connectivity index (χ0v) is 18.4. The zero-order valence-electron chi connectivity index (χ0n) is 17.6. The number of hydrogen-bond acceptors (Lipinski definition) is 5. The molecular formula is C25H22FN3O2S. The van der Waals surface area contributed by atoms with Crippen molar-refractivity contribution in [2.24, 2.45) is 4.99 Å². The van der Waals surface area contributed by atoms with Gasteiger partial charge >= 0.3 is 0 Å². The van der Waals surface area contributed by atoms with Gasteiger partial charge in [-0.25, -0.2) is 14.4 Å². The molecule has 2 aromatic carbocycles. The number of benzene rings is 2. The lowest BCUT2D eigenvalue weighted by atomic mass is 9.91. The Morgan fingerprint density at radius 2 is 1.84 bits per heavy atom. The third kappa shape index (κ3) is 4.03. The molecule has 0 amide bonds. The number of ether oxygens (including phenoxy) is 2. The Kier molecular flexibility index (Phi) is 5.49. The van der Waals surface area contributed by atoms with Crippen molar-refractivity contribution in [2.45, 2.75) is 19.0 Å². The van der Waals surface area contributed by atoms with Gasteiger partial charge in [-0.05, 0) is 66.6 Å². The maximum atomic E-state index is 13.6. The summed E-state index contributed by atoms with van der Waals surface area (Å²) in [5.74, 6) is 1.20. The molecule has 0 saturated carbocycles. The molecule has 7 heteroatoms. The van der Waals surface area contributed by atoms with Crippen LogP contribution >= 0.6 is 11.3 Å². The highest BCUT2D eigenvalue weighted by Gasteiger charge is 2.39. The van der Waals surface area contributed by atoms with Crippen molar-refractivity contribution in [3.63, 3.8) is 0 Å². The predicted octanol–water partition coefficient (Wildman–Crippen LogP) is 5.52. The highest BCUT2D eigenvalue weighted by Crippen LogP contribution is 2.37. The molecule has 1 atom stereocenters. The van der Waals surface area contributed by atoms with Crippen molar-refractivity contribution >= 4 is 17.2 Å². The van der Waals surface area contributed by atoms with Gasteiger partial charge in [-0.3, -0.25) is 0 Å². The van der Waals surface area contributed by atoms with Crippen LogP contribution in [-0.2, 0) is 16.8 Å². The number of aliphatic imine (C=N–C) groups is 1. The minimum Gasteiger partial charge on any atom is -0.494 e. The number of nitrogens with zero attached hydrogens (tertiary/aromatic N) is 3. The van der Waals surface area contributed by atoms with Crippen LogP contribution in [0, 0.1) is 5.82 Å². The minimum atomic E-state index is -0.646. The first-order valence-corrected chi connectivity index (χ1v) is 11.2. The van der Waals surface area contributed by atoms with Gasteiger partial charge in [0, 0.05) is 17.3 Å². The van der Waals surface area contributed by atoms with Gasteiger partial charge in [-0.15, -0.1) is 11.3 Å². The number of thiophene rings is 1. The topological polar surface area (TPSA) is 48.6 Å². The highest BCUT2D eigenvalue weighted by atomic mass is 32.1. The first-order chi connectivity index (χ1) is 15.6. The molecule has 1 aliphatic rings. The molecule has 0 spiro atoms. The van der Waals surface area contributed by atoms with E-state index in [0.29, 0.717) is 25.7 Å². The molecule has 2 aromatic heterocycles. The van der Waals surface area contributed by atoms with Crippen molar-refractivity contribution in [1.82, 2.24) is 9.55 Å². The van der Waals surface area contributed by atoms with Crippen LogP contribution < -0.4 is 4.74 Å². The quantitative estimate of drug-likeness (QED) is 0.375. The Morgan fingerprint density at radius 1 is 1.06 bits per heavy atom. The van der Waals surface area contributed by atoms with Gasteiger partial charge in [-0.2, -0.15) is 0 Å². The lowest BCUT2D eigenvalue weighted by molar-refractivity contribution is 0.236. The summed E-state index contributed by atoms with van der Waals surface area (Å²) in [6.07, 6.45) is 5.39. The van der Waals surface area contributed by atoms with Crippen LogP contribution in [0.2, 0.25) is 0 Å². The van der Waals surface area contributed by atoms with E-state index < -0.39 is 5.54 Å². The number of imidazole rings is 1.